The van der Waals surface area contributed by atoms with E-state index >= 15 is 0 Å². The summed E-state index contributed by atoms with van der Waals surface area (Å²) >= 11 is 0. The molecule has 0 aromatic heterocycles. The summed E-state index contributed by atoms with van der Waals surface area (Å²) in [6.45, 7) is 12.5. The van der Waals surface area contributed by atoms with Gasteiger partial charge in [-0.1, -0.05) is 41.5 Å². The van der Waals surface area contributed by atoms with Crippen LogP contribution in [-0.4, -0.2) is 21.8 Å². The number of hydrogen-bond acceptors (Lipinski definition) is 4. The minimum atomic E-state index is -3.39. The molecule has 0 aliphatic rings. The Morgan fingerprint density at radius 2 is 1.25 bits per heavy atom. The first-order chi connectivity index (χ1) is 12.7. The van der Waals surface area contributed by atoms with E-state index in [0.29, 0.717) is 11.4 Å². The minimum absolute atomic E-state index is 0.253. The van der Waals surface area contributed by atoms with Gasteiger partial charge in [0.1, 0.15) is 17.2 Å². The summed E-state index contributed by atoms with van der Waals surface area (Å²) in [6, 6.07) is 11.1. The van der Waals surface area contributed by atoms with Crippen molar-refractivity contribution in [3.05, 3.63) is 47.5 Å². The first-order valence-electron chi connectivity index (χ1n) is 9.19. The molecule has 5 nitrogen and oxygen atoms in total. The Bertz CT molecular complexity index is 899. The lowest BCUT2D eigenvalue weighted by Crippen LogP contribution is -2.20. The molecule has 2 rings (SSSR count). The van der Waals surface area contributed by atoms with Crippen molar-refractivity contribution in [3.63, 3.8) is 0 Å². The molecule has 28 heavy (non-hydrogen) atoms. The van der Waals surface area contributed by atoms with Gasteiger partial charge in [0.15, 0.2) is 0 Å². The van der Waals surface area contributed by atoms with Gasteiger partial charge >= 0.3 is 0 Å². The highest BCUT2D eigenvalue weighted by Gasteiger charge is 2.29. The van der Waals surface area contributed by atoms with E-state index in [4.69, 9.17) is 9.47 Å². The first-order valence-corrected chi connectivity index (χ1v) is 11.1. The zero-order valence-electron chi connectivity index (χ0n) is 18.0. The molecule has 0 saturated heterocycles. The molecule has 0 aliphatic carbocycles. The van der Waals surface area contributed by atoms with Crippen LogP contribution in [-0.2, 0) is 20.9 Å². The highest BCUT2D eigenvalue weighted by atomic mass is 32.2. The molecule has 0 atom stereocenters. The van der Waals surface area contributed by atoms with E-state index in [1.165, 1.54) is 0 Å². The SMILES string of the molecule is COc1ccc(Oc2c(C(C)(C)C)cc(NS(C)(=O)=O)cc2C(C)(C)C)cc1. The Labute approximate surface area is 169 Å². The van der Waals surface area contributed by atoms with Crippen LogP contribution >= 0.6 is 0 Å². The maximum atomic E-state index is 11.8. The molecule has 2 aromatic rings. The third kappa shape index (κ3) is 5.64. The average molecular weight is 406 g/mol. The fourth-order valence-electron chi connectivity index (χ4n) is 2.89. The van der Waals surface area contributed by atoms with Gasteiger partial charge in [-0.2, -0.15) is 0 Å². The zero-order chi connectivity index (χ0) is 21.3. The second kappa shape index (κ2) is 7.66. The van der Waals surface area contributed by atoms with Crippen LogP contribution in [0.1, 0.15) is 52.7 Å². The molecule has 6 heteroatoms. The summed E-state index contributed by atoms with van der Waals surface area (Å²) < 4.78 is 37.8. The van der Waals surface area contributed by atoms with Gasteiger partial charge in [0.25, 0.3) is 0 Å². The zero-order valence-corrected chi connectivity index (χ0v) is 18.8. The van der Waals surface area contributed by atoms with Gasteiger partial charge < -0.3 is 9.47 Å². The highest BCUT2D eigenvalue weighted by molar-refractivity contribution is 7.92. The quantitative estimate of drug-likeness (QED) is 0.718. The molecule has 2 aromatic carbocycles. The van der Waals surface area contributed by atoms with Crippen molar-refractivity contribution in [2.45, 2.75) is 52.4 Å². The normalized spacial score (nSPS) is 12.6. The number of benzene rings is 2. The fourth-order valence-corrected chi connectivity index (χ4v) is 3.43. The van der Waals surface area contributed by atoms with Crippen LogP contribution in [0.15, 0.2) is 36.4 Å². The monoisotopic (exact) mass is 405 g/mol. The number of anilines is 1. The smallest absolute Gasteiger partial charge is 0.229 e. The van der Waals surface area contributed by atoms with E-state index in [1.54, 1.807) is 7.11 Å². The summed E-state index contributed by atoms with van der Waals surface area (Å²) in [5.74, 6) is 2.21. The highest BCUT2D eigenvalue weighted by Crippen LogP contribution is 2.44. The molecule has 0 radical (unpaired) electrons. The third-order valence-corrected chi connectivity index (χ3v) is 4.89. The van der Waals surface area contributed by atoms with Crippen molar-refractivity contribution in [1.82, 2.24) is 0 Å². The van der Waals surface area contributed by atoms with Crippen molar-refractivity contribution >= 4 is 15.7 Å². The second-order valence-electron chi connectivity index (χ2n) is 9.05. The second-order valence-corrected chi connectivity index (χ2v) is 10.8. The Balaban J connectivity index is 2.68. The summed E-state index contributed by atoms with van der Waals surface area (Å²) in [6.07, 6.45) is 1.16. The Morgan fingerprint density at radius 1 is 0.821 bits per heavy atom. The minimum Gasteiger partial charge on any atom is -0.497 e. The van der Waals surface area contributed by atoms with E-state index in [2.05, 4.69) is 46.3 Å². The molecule has 0 spiro atoms. The molecule has 0 aliphatic heterocycles. The van der Waals surface area contributed by atoms with Crippen LogP contribution in [0.5, 0.6) is 17.2 Å². The molecule has 154 valence electrons. The van der Waals surface area contributed by atoms with E-state index < -0.39 is 10.0 Å². The Morgan fingerprint density at radius 3 is 1.61 bits per heavy atom. The van der Waals surface area contributed by atoms with Crippen LogP contribution < -0.4 is 14.2 Å². The molecule has 0 saturated carbocycles. The topological polar surface area (TPSA) is 64.6 Å². The molecular formula is C22H31NO4S. The molecule has 0 fully saturated rings. The molecule has 0 amide bonds. The molecular weight excluding hydrogens is 374 g/mol. The third-order valence-electron chi connectivity index (χ3n) is 4.29. The number of methoxy groups -OCH3 is 1. The average Bonchev–Trinajstić information content (AvgIpc) is 2.53. The van der Waals surface area contributed by atoms with E-state index in [0.717, 1.165) is 28.9 Å². The lowest BCUT2D eigenvalue weighted by Gasteiger charge is -2.30. The van der Waals surface area contributed by atoms with Crippen molar-refractivity contribution in [2.75, 3.05) is 18.1 Å². The van der Waals surface area contributed by atoms with Crippen LogP contribution in [0.25, 0.3) is 0 Å². The predicted molar refractivity (Wildman–Crippen MR) is 115 cm³/mol. The van der Waals surface area contributed by atoms with Crippen LogP contribution in [0, 0.1) is 0 Å². The summed E-state index contributed by atoms with van der Waals surface area (Å²) in [5, 5.41) is 0. The van der Waals surface area contributed by atoms with Gasteiger partial charge in [0.05, 0.1) is 13.4 Å². The van der Waals surface area contributed by atoms with Crippen LogP contribution in [0.4, 0.5) is 5.69 Å². The maximum absolute atomic E-state index is 11.8. The lowest BCUT2D eigenvalue weighted by atomic mass is 9.79. The Hall–Kier alpha value is -2.21. The standard InChI is InChI=1S/C22H31NO4S/c1-21(2,3)18-13-15(23-28(8,24)25)14-19(22(4,5)6)20(18)27-17-11-9-16(26-7)10-12-17/h9-14,23H,1-8H3. The van der Waals surface area contributed by atoms with Gasteiger partial charge in [-0.25, -0.2) is 8.42 Å². The number of hydrogen-bond donors (Lipinski definition) is 1. The van der Waals surface area contributed by atoms with Gasteiger partial charge in [-0.05, 0) is 47.2 Å². The van der Waals surface area contributed by atoms with Crippen LogP contribution in [0.2, 0.25) is 0 Å². The fraction of sp³-hybridized carbons (Fsp3) is 0.455. The van der Waals surface area contributed by atoms with Gasteiger partial charge in [0, 0.05) is 16.8 Å². The largest absolute Gasteiger partial charge is 0.497 e. The van der Waals surface area contributed by atoms with Gasteiger partial charge in [-0.15, -0.1) is 0 Å². The lowest BCUT2D eigenvalue weighted by molar-refractivity contribution is 0.410. The Kier molecular flexibility index (Phi) is 6.04. The van der Waals surface area contributed by atoms with Gasteiger partial charge in [0.2, 0.25) is 10.0 Å². The van der Waals surface area contributed by atoms with Crippen LogP contribution in [0.3, 0.4) is 0 Å². The predicted octanol–water partition coefficient (Wildman–Crippen LogP) is 5.45. The maximum Gasteiger partial charge on any atom is 0.229 e. The molecule has 0 bridgehead atoms. The number of sulfonamides is 1. The number of nitrogens with one attached hydrogen (secondary N) is 1. The van der Waals surface area contributed by atoms with Crippen molar-refractivity contribution in [1.29, 1.82) is 0 Å². The molecule has 0 heterocycles. The summed E-state index contributed by atoms with van der Waals surface area (Å²) in [4.78, 5) is 0. The number of rotatable bonds is 5. The van der Waals surface area contributed by atoms with E-state index in [9.17, 15) is 8.42 Å². The summed E-state index contributed by atoms with van der Waals surface area (Å²) in [5.41, 5.74) is 1.90. The van der Waals surface area contributed by atoms with Crippen molar-refractivity contribution < 1.29 is 17.9 Å². The van der Waals surface area contributed by atoms with Crippen molar-refractivity contribution in [2.24, 2.45) is 0 Å². The molecule has 0 unspecified atom stereocenters. The number of ether oxygens (including phenoxy) is 2. The van der Waals surface area contributed by atoms with E-state index in [-0.39, 0.29) is 10.8 Å². The van der Waals surface area contributed by atoms with Gasteiger partial charge in [-0.3, -0.25) is 4.72 Å². The van der Waals surface area contributed by atoms with Crippen molar-refractivity contribution in [3.8, 4) is 17.2 Å². The first kappa shape index (κ1) is 22.1. The van der Waals surface area contributed by atoms with E-state index in [1.807, 2.05) is 36.4 Å². The molecule has 1 N–H and O–H groups in total. The summed E-state index contributed by atoms with van der Waals surface area (Å²) in [7, 11) is -1.76.